The number of benzene rings is 1. The SMILES string of the molecule is CC(=O)Nc1ccc(C)cc1Cl.CC(C)(C)CC1CC(c2nnn(CCCC(=O)O)c2C2CC2)C1. The second-order valence-corrected chi connectivity index (χ2v) is 11.7. The summed E-state index contributed by atoms with van der Waals surface area (Å²) in [5.41, 5.74) is 4.68. The van der Waals surface area contributed by atoms with Gasteiger partial charge in [-0.25, -0.2) is 4.68 Å². The van der Waals surface area contributed by atoms with E-state index in [2.05, 4.69) is 36.4 Å². The van der Waals surface area contributed by atoms with Crippen molar-refractivity contribution in [1.82, 2.24) is 15.0 Å². The number of carboxylic acid groups (broad SMARTS) is 1. The van der Waals surface area contributed by atoms with E-state index in [4.69, 9.17) is 16.7 Å². The van der Waals surface area contributed by atoms with Crippen LogP contribution in [0.15, 0.2) is 18.2 Å². The quantitative estimate of drug-likeness (QED) is 0.426. The highest BCUT2D eigenvalue weighted by atomic mass is 35.5. The number of carbonyl (C=O) groups is 2. The number of nitrogens with zero attached hydrogens (tertiary/aromatic N) is 3. The number of carbonyl (C=O) groups excluding carboxylic acids is 1. The van der Waals surface area contributed by atoms with Gasteiger partial charge in [0, 0.05) is 31.7 Å². The molecule has 0 atom stereocenters. The smallest absolute Gasteiger partial charge is 0.303 e. The van der Waals surface area contributed by atoms with Crippen LogP contribution in [0.25, 0.3) is 0 Å². The Bertz CT molecular complexity index is 1030. The summed E-state index contributed by atoms with van der Waals surface area (Å²) in [6.45, 7) is 11.0. The second-order valence-electron chi connectivity index (χ2n) is 11.3. The van der Waals surface area contributed by atoms with Crippen LogP contribution in [0.4, 0.5) is 5.69 Å². The third-order valence-corrected chi connectivity index (χ3v) is 6.80. The minimum atomic E-state index is -0.734. The molecule has 0 aliphatic heterocycles. The summed E-state index contributed by atoms with van der Waals surface area (Å²) in [6, 6.07) is 5.50. The number of rotatable bonds is 8. The first kappa shape index (κ1) is 27.2. The lowest BCUT2D eigenvalue weighted by Gasteiger charge is -2.38. The Kier molecular flexibility index (Phi) is 8.97. The number of nitrogens with one attached hydrogen (secondary N) is 1. The molecule has 2 aromatic rings. The van der Waals surface area contributed by atoms with Crippen molar-refractivity contribution in [2.24, 2.45) is 11.3 Å². The van der Waals surface area contributed by atoms with Crippen LogP contribution in [0.1, 0.15) is 101 Å². The van der Waals surface area contributed by atoms with Gasteiger partial charge in [0.2, 0.25) is 5.91 Å². The van der Waals surface area contributed by atoms with E-state index in [1.165, 1.54) is 50.4 Å². The van der Waals surface area contributed by atoms with E-state index < -0.39 is 5.97 Å². The Hall–Kier alpha value is -2.41. The van der Waals surface area contributed by atoms with Crippen LogP contribution in [0.3, 0.4) is 0 Å². The molecule has 2 aliphatic rings. The van der Waals surface area contributed by atoms with Gasteiger partial charge in [0.1, 0.15) is 0 Å². The van der Waals surface area contributed by atoms with Crippen LogP contribution in [0.5, 0.6) is 0 Å². The van der Waals surface area contributed by atoms with Crippen LogP contribution in [-0.2, 0) is 16.1 Å². The van der Waals surface area contributed by atoms with Crippen molar-refractivity contribution < 1.29 is 14.7 Å². The normalized spacial score (nSPS) is 19.4. The Morgan fingerprint density at radius 2 is 1.89 bits per heavy atom. The standard InChI is InChI=1S/C18H29N3O2.C9H10ClNO/c1-18(2,3)11-12-9-14(10-12)16-17(13-6-7-13)21(20-19-16)8-4-5-15(22)23;1-6-3-4-9(8(10)5-6)11-7(2)12/h12-14H,4-11H2,1-3H3,(H,22,23);3-5H,1-2H3,(H,11,12). The summed E-state index contributed by atoms with van der Waals surface area (Å²) < 4.78 is 1.99. The van der Waals surface area contributed by atoms with Gasteiger partial charge in [-0.1, -0.05) is 43.7 Å². The lowest BCUT2D eigenvalue weighted by Crippen LogP contribution is -2.27. The molecule has 192 valence electrons. The Morgan fingerprint density at radius 1 is 1.20 bits per heavy atom. The van der Waals surface area contributed by atoms with Crippen molar-refractivity contribution in [2.75, 3.05) is 5.32 Å². The summed E-state index contributed by atoms with van der Waals surface area (Å²) in [5, 5.41) is 20.8. The number of anilines is 1. The maximum absolute atomic E-state index is 10.7. The highest BCUT2D eigenvalue weighted by Gasteiger charge is 2.39. The predicted molar refractivity (Wildman–Crippen MR) is 139 cm³/mol. The maximum Gasteiger partial charge on any atom is 0.303 e. The average Bonchev–Trinajstić information content (AvgIpc) is 3.46. The molecule has 2 N–H and O–H groups in total. The average molecular weight is 503 g/mol. The van der Waals surface area contributed by atoms with Crippen LogP contribution < -0.4 is 5.32 Å². The highest BCUT2D eigenvalue weighted by molar-refractivity contribution is 6.33. The summed E-state index contributed by atoms with van der Waals surface area (Å²) in [6.07, 6.45) is 7.07. The fourth-order valence-electron chi connectivity index (χ4n) is 4.85. The molecular weight excluding hydrogens is 464 g/mol. The van der Waals surface area contributed by atoms with Crippen molar-refractivity contribution in [3.05, 3.63) is 40.2 Å². The van der Waals surface area contributed by atoms with Gasteiger partial charge in [0.05, 0.1) is 22.1 Å². The number of aryl methyl sites for hydroxylation is 2. The molecule has 7 nitrogen and oxygen atoms in total. The van der Waals surface area contributed by atoms with Crippen molar-refractivity contribution in [3.8, 4) is 0 Å². The first-order chi connectivity index (χ1) is 16.4. The molecule has 0 spiro atoms. The van der Waals surface area contributed by atoms with Crippen LogP contribution >= 0.6 is 11.6 Å². The molecule has 35 heavy (non-hydrogen) atoms. The second kappa shape index (κ2) is 11.5. The third kappa shape index (κ3) is 8.34. The minimum Gasteiger partial charge on any atom is -0.481 e. The molecule has 2 aliphatic carbocycles. The maximum atomic E-state index is 10.7. The third-order valence-electron chi connectivity index (χ3n) is 6.48. The zero-order valence-electron chi connectivity index (χ0n) is 21.6. The minimum absolute atomic E-state index is 0.110. The van der Waals surface area contributed by atoms with Gasteiger partial charge >= 0.3 is 5.97 Å². The van der Waals surface area contributed by atoms with Crippen LogP contribution in [0.2, 0.25) is 5.02 Å². The molecule has 1 aromatic heterocycles. The monoisotopic (exact) mass is 502 g/mol. The number of halogens is 1. The molecule has 1 heterocycles. The molecule has 0 unspecified atom stereocenters. The lowest BCUT2D eigenvalue weighted by atomic mass is 9.67. The number of carboxylic acids is 1. The molecule has 0 radical (unpaired) electrons. The van der Waals surface area contributed by atoms with Crippen LogP contribution in [-0.4, -0.2) is 32.0 Å². The van der Waals surface area contributed by atoms with E-state index >= 15 is 0 Å². The first-order valence-corrected chi connectivity index (χ1v) is 13.0. The topological polar surface area (TPSA) is 97.1 Å². The van der Waals surface area contributed by atoms with Gasteiger partial charge in [-0.2, -0.15) is 0 Å². The number of hydrogen-bond acceptors (Lipinski definition) is 4. The van der Waals surface area contributed by atoms with Gasteiger partial charge < -0.3 is 10.4 Å². The van der Waals surface area contributed by atoms with E-state index in [-0.39, 0.29) is 12.3 Å². The van der Waals surface area contributed by atoms with Gasteiger partial charge in [0.25, 0.3) is 0 Å². The predicted octanol–water partition coefficient (Wildman–Crippen LogP) is 6.56. The van der Waals surface area contributed by atoms with Crippen molar-refractivity contribution in [3.63, 3.8) is 0 Å². The van der Waals surface area contributed by atoms with Gasteiger partial charge in [-0.05, 0) is 74.5 Å². The molecule has 0 bridgehead atoms. The van der Waals surface area contributed by atoms with E-state index in [0.717, 1.165) is 11.5 Å². The van der Waals surface area contributed by atoms with Gasteiger partial charge in [-0.3, -0.25) is 9.59 Å². The summed E-state index contributed by atoms with van der Waals surface area (Å²) in [5.74, 6) is 1.17. The summed E-state index contributed by atoms with van der Waals surface area (Å²) in [7, 11) is 0. The molecular formula is C27H39ClN4O3. The Morgan fingerprint density at radius 3 is 2.43 bits per heavy atom. The molecule has 1 amide bonds. The molecule has 1 aromatic carbocycles. The fraction of sp³-hybridized carbons (Fsp3) is 0.630. The van der Waals surface area contributed by atoms with E-state index in [1.54, 1.807) is 6.07 Å². The van der Waals surface area contributed by atoms with Gasteiger partial charge in [0.15, 0.2) is 0 Å². The number of hydrogen-bond donors (Lipinski definition) is 2. The van der Waals surface area contributed by atoms with Crippen LogP contribution in [0, 0.1) is 18.3 Å². The zero-order valence-corrected chi connectivity index (χ0v) is 22.4. The Balaban J connectivity index is 0.000000241. The first-order valence-electron chi connectivity index (χ1n) is 12.6. The molecule has 2 saturated carbocycles. The van der Waals surface area contributed by atoms with Crippen molar-refractivity contribution in [1.29, 1.82) is 0 Å². The molecule has 2 fully saturated rings. The summed E-state index contributed by atoms with van der Waals surface area (Å²) >= 11 is 5.86. The molecule has 4 rings (SSSR count). The number of aromatic nitrogens is 3. The lowest BCUT2D eigenvalue weighted by molar-refractivity contribution is -0.137. The molecule has 0 saturated heterocycles. The summed E-state index contributed by atoms with van der Waals surface area (Å²) in [4.78, 5) is 21.4. The Labute approximate surface area is 213 Å². The van der Waals surface area contributed by atoms with Crippen molar-refractivity contribution in [2.45, 2.75) is 97.9 Å². The fourth-order valence-corrected chi connectivity index (χ4v) is 5.13. The van der Waals surface area contributed by atoms with E-state index in [9.17, 15) is 9.59 Å². The number of amides is 1. The number of aliphatic carboxylic acids is 1. The highest BCUT2D eigenvalue weighted by Crippen LogP contribution is 2.50. The van der Waals surface area contributed by atoms with Crippen molar-refractivity contribution >= 4 is 29.2 Å². The zero-order chi connectivity index (χ0) is 25.8. The molecule has 8 heteroatoms. The van der Waals surface area contributed by atoms with E-state index in [1.807, 2.05) is 23.7 Å². The van der Waals surface area contributed by atoms with E-state index in [0.29, 0.717) is 40.9 Å². The largest absolute Gasteiger partial charge is 0.481 e. The van der Waals surface area contributed by atoms with Gasteiger partial charge in [-0.15, -0.1) is 5.10 Å².